The van der Waals surface area contributed by atoms with Crippen molar-refractivity contribution in [1.29, 1.82) is 0 Å². The fourth-order valence-corrected chi connectivity index (χ4v) is 3.01. The maximum atomic E-state index is 11.1. The molecule has 0 radical (unpaired) electrons. The topological polar surface area (TPSA) is 81.0 Å². The Morgan fingerprint density at radius 1 is 1.40 bits per heavy atom. The number of hydrogen-bond acceptors (Lipinski definition) is 5. The molecular weight excluding hydrogens is 280 g/mol. The highest BCUT2D eigenvalue weighted by Crippen LogP contribution is 2.31. The Hall–Kier alpha value is -1.43. The van der Waals surface area contributed by atoms with Gasteiger partial charge in [0.15, 0.2) is 0 Å². The van der Waals surface area contributed by atoms with E-state index in [1.54, 1.807) is 6.92 Å². The van der Waals surface area contributed by atoms with Gasteiger partial charge in [-0.1, -0.05) is 26.2 Å². The van der Waals surface area contributed by atoms with Gasteiger partial charge in [-0.05, 0) is 36.8 Å². The molecule has 0 amide bonds. The molecule has 1 heterocycles. The van der Waals surface area contributed by atoms with Gasteiger partial charge in [-0.3, -0.25) is 10.1 Å². The third kappa shape index (κ3) is 3.36. The largest absolute Gasteiger partial charge is 0.364 e. The second-order valence-corrected chi connectivity index (χ2v) is 5.77. The normalized spacial score (nSPS) is 22.6. The molecule has 1 aromatic heterocycles. The summed E-state index contributed by atoms with van der Waals surface area (Å²) in [6.07, 6.45) is 4.87. The molecule has 0 aliphatic heterocycles. The van der Waals surface area contributed by atoms with Crippen LogP contribution in [0.5, 0.6) is 0 Å². The van der Waals surface area contributed by atoms with Gasteiger partial charge in [0.2, 0.25) is 11.1 Å². The highest BCUT2D eigenvalue weighted by atomic mass is 35.5. The second-order valence-electron chi connectivity index (χ2n) is 5.44. The lowest BCUT2D eigenvalue weighted by Gasteiger charge is -2.28. The van der Waals surface area contributed by atoms with E-state index in [9.17, 15) is 10.1 Å². The van der Waals surface area contributed by atoms with Crippen LogP contribution in [0.1, 0.15) is 38.3 Å². The molecule has 0 bridgehead atoms. The minimum Gasteiger partial charge on any atom is -0.364 e. The fourth-order valence-electron chi connectivity index (χ4n) is 2.80. The van der Waals surface area contributed by atoms with Crippen molar-refractivity contribution in [2.24, 2.45) is 11.8 Å². The zero-order valence-corrected chi connectivity index (χ0v) is 12.5. The van der Waals surface area contributed by atoms with E-state index in [4.69, 9.17) is 11.6 Å². The highest BCUT2D eigenvalue weighted by Gasteiger charge is 2.25. The van der Waals surface area contributed by atoms with Gasteiger partial charge in [0, 0.05) is 6.54 Å². The first-order valence-electron chi connectivity index (χ1n) is 6.91. The van der Waals surface area contributed by atoms with E-state index in [2.05, 4.69) is 22.2 Å². The van der Waals surface area contributed by atoms with E-state index in [0.717, 1.165) is 6.42 Å². The molecule has 2 rings (SSSR count). The van der Waals surface area contributed by atoms with Crippen molar-refractivity contribution in [2.75, 3.05) is 11.9 Å². The number of rotatable bonds is 4. The highest BCUT2D eigenvalue weighted by molar-refractivity contribution is 6.28. The van der Waals surface area contributed by atoms with Crippen molar-refractivity contribution < 1.29 is 4.92 Å². The molecule has 0 spiro atoms. The lowest BCUT2D eigenvalue weighted by atomic mass is 9.80. The van der Waals surface area contributed by atoms with Gasteiger partial charge in [-0.15, -0.1) is 0 Å². The maximum absolute atomic E-state index is 11.1. The number of hydrogen-bond donors (Lipinski definition) is 1. The summed E-state index contributed by atoms with van der Waals surface area (Å²) >= 11 is 5.79. The van der Waals surface area contributed by atoms with Crippen molar-refractivity contribution in [2.45, 2.75) is 39.5 Å². The van der Waals surface area contributed by atoms with Crippen molar-refractivity contribution >= 4 is 23.1 Å². The molecule has 1 aliphatic carbocycles. The smallest absolute Gasteiger partial charge is 0.332 e. The summed E-state index contributed by atoms with van der Waals surface area (Å²) in [4.78, 5) is 18.5. The first-order chi connectivity index (χ1) is 9.49. The van der Waals surface area contributed by atoms with Crippen LogP contribution < -0.4 is 5.32 Å². The number of aryl methyl sites for hydroxylation is 1. The average Bonchev–Trinajstić information content (AvgIpc) is 2.36. The number of aromatic nitrogens is 2. The van der Waals surface area contributed by atoms with Crippen LogP contribution in [-0.4, -0.2) is 21.4 Å². The number of halogens is 1. The monoisotopic (exact) mass is 298 g/mol. The van der Waals surface area contributed by atoms with Gasteiger partial charge in [-0.2, -0.15) is 4.98 Å². The Labute approximate surface area is 123 Å². The van der Waals surface area contributed by atoms with Crippen LogP contribution in [0.3, 0.4) is 0 Å². The van der Waals surface area contributed by atoms with E-state index >= 15 is 0 Å². The molecule has 20 heavy (non-hydrogen) atoms. The quantitative estimate of drug-likeness (QED) is 0.522. The molecule has 1 aromatic rings. The van der Waals surface area contributed by atoms with Crippen LogP contribution in [0.25, 0.3) is 0 Å². The Morgan fingerprint density at radius 3 is 2.75 bits per heavy atom. The van der Waals surface area contributed by atoms with E-state index in [1.165, 1.54) is 19.3 Å². The standard InChI is InChI=1S/C13H19ClN4O2/c1-8-5-3-4-6-10(8)7-15-12-11(18(19)20)9(2)16-13(14)17-12/h8,10H,3-7H2,1-2H3,(H,15,16,17). The molecule has 0 saturated heterocycles. The molecule has 2 unspecified atom stereocenters. The van der Waals surface area contributed by atoms with Crippen molar-refractivity contribution in [1.82, 2.24) is 9.97 Å². The van der Waals surface area contributed by atoms with Gasteiger partial charge in [0.1, 0.15) is 5.69 Å². The SMILES string of the molecule is Cc1nc(Cl)nc(NCC2CCCCC2C)c1[N+](=O)[O-]. The molecule has 2 atom stereocenters. The summed E-state index contributed by atoms with van der Waals surface area (Å²) in [5.41, 5.74) is 0.201. The summed E-state index contributed by atoms with van der Waals surface area (Å²) in [5, 5.41) is 14.2. The predicted molar refractivity (Wildman–Crippen MR) is 78.0 cm³/mol. The lowest BCUT2D eigenvalue weighted by Crippen LogP contribution is -2.25. The molecule has 1 N–H and O–H groups in total. The summed E-state index contributed by atoms with van der Waals surface area (Å²) in [6.45, 7) is 4.49. The van der Waals surface area contributed by atoms with Crippen LogP contribution in [0.2, 0.25) is 5.28 Å². The Kier molecular flexibility index (Phi) is 4.75. The number of nitro groups is 1. The molecule has 1 fully saturated rings. The molecule has 7 heteroatoms. The van der Waals surface area contributed by atoms with E-state index in [0.29, 0.717) is 18.4 Å². The molecule has 1 saturated carbocycles. The lowest BCUT2D eigenvalue weighted by molar-refractivity contribution is -0.385. The van der Waals surface area contributed by atoms with Crippen molar-refractivity contribution in [3.8, 4) is 0 Å². The van der Waals surface area contributed by atoms with Gasteiger partial charge in [-0.25, -0.2) is 4.98 Å². The van der Waals surface area contributed by atoms with Crippen molar-refractivity contribution in [3.05, 3.63) is 21.1 Å². The predicted octanol–water partition coefficient (Wildman–Crippen LogP) is 3.58. The number of anilines is 1. The van der Waals surface area contributed by atoms with Crippen LogP contribution in [0, 0.1) is 28.9 Å². The molecule has 0 aromatic carbocycles. The van der Waals surface area contributed by atoms with Crippen LogP contribution in [-0.2, 0) is 0 Å². The first-order valence-corrected chi connectivity index (χ1v) is 7.29. The number of nitrogens with one attached hydrogen (secondary N) is 1. The Balaban J connectivity index is 2.14. The maximum Gasteiger partial charge on any atom is 0.332 e. The molecular formula is C13H19ClN4O2. The third-order valence-corrected chi connectivity index (χ3v) is 4.20. The van der Waals surface area contributed by atoms with Gasteiger partial charge < -0.3 is 5.32 Å². The fraction of sp³-hybridized carbons (Fsp3) is 0.692. The van der Waals surface area contributed by atoms with Gasteiger partial charge in [0.05, 0.1) is 4.92 Å². The second kappa shape index (κ2) is 6.35. The van der Waals surface area contributed by atoms with Crippen LogP contribution in [0.15, 0.2) is 0 Å². The average molecular weight is 299 g/mol. The van der Waals surface area contributed by atoms with Gasteiger partial charge in [0.25, 0.3) is 0 Å². The summed E-state index contributed by atoms with van der Waals surface area (Å²) < 4.78 is 0. The van der Waals surface area contributed by atoms with E-state index < -0.39 is 4.92 Å². The zero-order valence-electron chi connectivity index (χ0n) is 11.7. The van der Waals surface area contributed by atoms with Crippen LogP contribution >= 0.6 is 11.6 Å². The van der Waals surface area contributed by atoms with E-state index in [1.807, 2.05) is 0 Å². The summed E-state index contributed by atoms with van der Waals surface area (Å²) in [6, 6.07) is 0. The molecule has 110 valence electrons. The summed E-state index contributed by atoms with van der Waals surface area (Å²) in [5.74, 6) is 1.39. The summed E-state index contributed by atoms with van der Waals surface area (Å²) in [7, 11) is 0. The zero-order chi connectivity index (χ0) is 14.7. The molecule has 6 nitrogen and oxygen atoms in total. The third-order valence-electron chi connectivity index (χ3n) is 4.03. The Bertz CT molecular complexity index is 509. The minimum absolute atomic E-state index is 0.0345. The van der Waals surface area contributed by atoms with Crippen molar-refractivity contribution in [3.63, 3.8) is 0 Å². The minimum atomic E-state index is -0.460. The molecule has 1 aliphatic rings. The number of nitrogens with zero attached hydrogens (tertiary/aromatic N) is 3. The Morgan fingerprint density at radius 2 is 2.10 bits per heavy atom. The van der Waals surface area contributed by atoms with Gasteiger partial charge >= 0.3 is 5.69 Å². The van der Waals surface area contributed by atoms with Crippen LogP contribution in [0.4, 0.5) is 11.5 Å². The van der Waals surface area contributed by atoms with E-state index in [-0.39, 0.29) is 22.5 Å². The first kappa shape index (κ1) is 15.0.